The highest BCUT2D eigenvalue weighted by molar-refractivity contribution is 5.95. The topological polar surface area (TPSA) is 51.5 Å². The van der Waals surface area contributed by atoms with E-state index in [4.69, 9.17) is 9.15 Å². The second kappa shape index (κ2) is 7.68. The highest BCUT2D eigenvalue weighted by atomic mass is 16.5. The van der Waals surface area contributed by atoms with E-state index in [2.05, 4.69) is 35.6 Å². The molecule has 1 N–H and O–H groups in total. The van der Waals surface area contributed by atoms with E-state index in [0.29, 0.717) is 19.1 Å². The lowest BCUT2D eigenvalue weighted by Gasteiger charge is -2.36. The minimum absolute atomic E-state index is 0.194. The molecule has 3 aromatic rings. The molecule has 4 nitrogen and oxygen atoms in total. The van der Waals surface area contributed by atoms with Crippen molar-refractivity contribution in [3.05, 3.63) is 60.4 Å². The van der Waals surface area contributed by atoms with Crippen molar-refractivity contribution in [2.45, 2.75) is 32.1 Å². The van der Waals surface area contributed by atoms with Crippen molar-refractivity contribution in [1.29, 1.82) is 0 Å². The summed E-state index contributed by atoms with van der Waals surface area (Å²) in [5.74, 6) is 0.875. The molecule has 0 atom stereocenters. The Morgan fingerprint density at radius 3 is 2.59 bits per heavy atom. The number of carbonyl (C=O) groups is 1. The molecule has 1 amide bonds. The van der Waals surface area contributed by atoms with Gasteiger partial charge in [0.2, 0.25) is 5.91 Å². The molecule has 29 heavy (non-hydrogen) atoms. The standard InChI is InChI=1S/C25H27NO3/c27-24(26-16-18-9-10-18)25(11-13-28-14-12-25)15-19-5-1-2-6-20(19)22-17-29-23-8-4-3-7-21(22)23/h1-8,17-18H,9-16H2,(H,26,27). The fraction of sp³-hybridized carbons (Fsp3) is 0.400. The molecule has 1 saturated heterocycles. The van der Waals surface area contributed by atoms with Crippen LogP contribution in [0.5, 0.6) is 0 Å². The van der Waals surface area contributed by atoms with E-state index in [-0.39, 0.29) is 5.91 Å². The molecule has 2 aromatic carbocycles. The largest absolute Gasteiger partial charge is 0.464 e. The van der Waals surface area contributed by atoms with Crippen LogP contribution in [0.4, 0.5) is 0 Å². The van der Waals surface area contributed by atoms with Crippen LogP contribution in [0.2, 0.25) is 0 Å². The van der Waals surface area contributed by atoms with Crippen LogP contribution in [0.1, 0.15) is 31.2 Å². The summed E-state index contributed by atoms with van der Waals surface area (Å²) < 4.78 is 11.4. The Kier molecular flexibility index (Phi) is 4.88. The Balaban J connectivity index is 1.48. The average molecular weight is 389 g/mol. The lowest BCUT2D eigenvalue weighted by atomic mass is 9.73. The molecule has 1 aromatic heterocycles. The van der Waals surface area contributed by atoms with Crippen LogP contribution in [-0.2, 0) is 16.0 Å². The summed E-state index contributed by atoms with van der Waals surface area (Å²) in [4.78, 5) is 13.3. The number of ether oxygens (including phenoxy) is 1. The maximum absolute atomic E-state index is 13.3. The highest BCUT2D eigenvalue weighted by Crippen LogP contribution is 2.40. The van der Waals surface area contributed by atoms with Gasteiger partial charge in [0.05, 0.1) is 11.7 Å². The molecular formula is C25H27NO3. The second-order valence-electron chi connectivity index (χ2n) is 8.53. The Hall–Kier alpha value is -2.59. The van der Waals surface area contributed by atoms with Crippen LogP contribution in [0.15, 0.2) is 59.2 Å². The minimum Gasteiger partial charge on any atom is -0.464 e. The Morgan fingerprint density at radius 2 is 1.76 bits per heavy atom. The summed E-state index contributed by atoms with van der Waals surface area (Å²) in [6, 6.07) is 16.5. The SMILES string of the molecule is O=C(NCC1CC1)C1(Cc2ccccc2-c2coc3ccccc23)CCOCC1. The van der Waals surface area contributed by atoms with Crippen molar-refractivity contribution >= 4 is 16.9 Å². The molecule has 2 heterocycles. The fourth-order valence-corrected chi connectivity index (χ4v) is 4.48. The zero-order valence-corrected chi connectivity index (χ0v) is 16.7. The molecule has 0 unspecified atom stereocenters. The van der Waals surface area contributed by atoms with E-state index in [0.717, 1.165) is 47.9 Å². The van der Waals surface area contributed by atoms with Crippen molar-refractivity contribution in [1.82, 2.24) is 5.32 Å². The summed E-state index contributed by atoms with van der Waals surface area (Å²) in [6.45, 7) is 2.11. The first-order chi connectivity index (χ1) is 14.3. The molecule has 5 rings (SSSR count). The van der Waals surface area contributed by atoms with E-state index in [1.165, 1.54) is 18.4 Å². The van der Waals surface area contributed by atoms with Crippen LogP contribution in [0.25, 0.3) is 22.1 Å². The number of hydrogen-bond donors (Lipinski definition) is 1. The normalized spacial score (nSPS) is 18.6. The van der Waals surface area contributed by atoms with Crippen molar-refractivity contribution in [3.8, 4) is 11.1 Å². The molecule has 2 fully saturated rings. The maximum atomic E-state index is 13.3. The number of hydrogen-bond acceptors (Lipinski definition) is 3. The van der Waals surface area contributed by atoms with Gasteiger partial charge in [-0.25, -0.2) is 0 Å². The molecular weight excluding hydrogens is 362 g/mol. The fourth-order valence-electron chi connectivity index (χ4n) is 4.48. The molecule has 150 valence electrons. The Bertz CT molecular complexity index is 1010. The number of nitrogens with one attached hydrogen (secondary N) is 1. The van der Waals surface area contributed by atoms with Gasteiger partial charge < -0.3 is 14.5 Å². The first-order valence-corrected chi connectivity index (χ1v) is 10.7. The number of fused-ring (bicyclic) bond motifs is 1. The third-order valence-corrected chi connectivity index (χ3v) is 6.50. The number of amides is 1. The van der Waals surface area contributed by atoms with Gasteiger partial charge in [-0.2, -0.15) is 0 Å². The summed E-state index contributed by atoms with van der Waals surface area (Å²) in [5, 5.41) is 4.36. The van der Waals surface area contributed by atoms with Crippen molar-refractivity contribution < 1.29 is 13.9 Å². The van der Waals surface area contributed by atoms with Crippen LogP contribution >= 0.6 is 0 Å². The summed E-state index contributed by atoms with van der Waals surface area (Å²) in [6.07, 6.45) is 6.59. The molecule has 0 spiro atoms. The maximum Gasteiger partial charge on any atom is 0.226 e. The lowest BCUT2D eigenvalue weighted by Crippen LogP contribution is -2.46. The van der Waals surface area contributed by atoms with Gasteiger partial charge in [0.1, 0.15) is 5.58 Å². The molecule has 0 radical (unpaired) electrons. The van der Waals surface area contributed by atoms with Gasteiger partial charge in [-0.05, 0) is 55.2 Å². The minimum atomic E-state index is -0.400. The number of benzene rings is 2. The number of para-hydroxylation sites is 1. The zero-order chi connectivity index (χ0) is 19.7. The van der Waals surface area contributed by atoms with Crippen LogP contribution in [0, 0.1) is 11.3 Å². The third kappa shape index (κ3) is 3.69. The van der Waals surface area contributed by atoms with E-state index >= 15 is 0 Å². The van der Waals surface area contributed by atoms with Crippen LogP contribution in [-0.4, -0.2) is 25.7 Å². The van der Waals surface area contributed by atoms with Gasteiger partial charge in [-0.3, -0.25) is 4.79 Å². The van der Waals surface area contributed by atoms with Crippen molar-refractivity contribution in [2.75, 3.05) is 19.8 Å². The lowest BCUT2D eigenvalue weighted by molar-refractivity contribution is -0.136. The summed E-state index contributed by atoms with van der Waals surface area (Å²) in [7, 11) is 0. The summed E-state index contributed by atoms with van der Waals surface area (Å²) >= 11 is 0. The molecule has 1 aliphatic heterocycles. The third-order valence-electron chi connectivity index (χ3n) is 6.50. The first-order valence-electron chi connectivity index (χ1n) is 10.7. The van der Waals surface area contributed by atoms with Crippen LogP contribution in [0.3, 0.4) is 0 Å². The van der Waals surface area contributed by atoms with Crippen molar-refractivity contribution in [2.24, 2.45) is 11.3 Å². The average Bonchev–Trinajstić information content (AvgIpc) is 3.50. The van der Waals surface area contributed by atoms with Crippen molar-refractivity contribution in [3.63, 3.8) is 0 Å². The Morgan fingerprint density at radius 1 is 1.00 bits per heavy atom. The molecule has 2 aliphatic rings. The predicted octanol–water partition coefficient (Wildman–Crippen LogP) is 4.97. The van der Waals surface area contributed by atoms with Gasteiger partial charge in [0, 0.05) is 30.7 Å². The van der Waals surface area contributed by atoms with Crippen LogP contribution < -0.4 is 5.32 Å². The van der Waals surface area contributed by atoms with Gasteiger partial charge in [-0.1, -0.05) is 42.5 Å². The Labute approximate surface area is 171 Å². The van der Waals surface area contributed by atoms with Gasteiger partial charge in [0.15, 0.2) is 0 Å². The zero-order valence-electron chi connectivity index (χ0n) is 16.7. The number of furan rings is 1. The smallest absolute Gasteiger partial charge is 0.226 e. The van der Waals surface area contributed by atoms with E-state index < -0.39 is 5.41 Å². The van der Waals surface area contributed by atoms with Gasteiger partial charge in [-0.15, -0.1) is 0 Å². The molecule has 0 bridgehead atoms. The van der Waals surface area contributed by atoms with Gasteiger partial charge >= 0.3 is 0 Å². The van der Waals surface area contributed by atoms with E-state index in [1.54, 1.807) is 0 Å². The monoisotopic (exact) mass is 389 g/mol. The molecule has 1 saturated carbocycles. The molecule has 1 aliphatic carbocycles. The number of carbonyl (C=O) groups excluding carboxylic acids is 1. The summed E-state index contributed by atoms with van der Waals surface area (Å²) in [5.41, 5.74) is 3.93. The van der Waals surface area contributed by atoms with E-state index in [1.807, 2.05) is 24.5 Å². The highest BCUT2D eigenvalue weighted by Gasteiger charge is 2.41. The number of rotatable bonds is 6. The second-order valence-corrected chi connectivity index (χ2v) is 8.53. The molecule has 4 heteroatoms. The van der Waals surface area contributed by atoms with E-state index in [9.17, 15) is 4.79 Å². The first kappa shape index (κ1) is 18.4. The van der Waals surface area contributed by atoms with Gasteiger partial charge in [0.25, 0.3) is 0 Å². The predicted molar refractivity (Wildman–Crippen MR) is 114 cm³/mol. The quantitative estimate of drug-likeness (QED) is 0.648.